The maximum absolute atomic E-state index is 13.2. The van der Waals surface area contributed by atoms with E-state index in [4.69, 9.17) is 9.47 Å². The first kappa shape index (κ1) is 19.8. The summed E-state index contributed by atoms with van der Waals surface area (Å²) in [5.74, 6) is -1.65. The minimum atomic E-state index is -1.74. The summed E-state index contributed by atoms with van der Waals surface area (Å²) in [5.41, 5.74) is -1.22. The number of nitrogens with zero attached hydrogens (tertiary/aromatic N) is 1. The largest absolute Gasteiger partial charge is 0.466 e. The quantitative estimate of drug-likeness (QED) is 0.768. The van der Waals surface area contributed by atoms with Gasteiger partial charge in [-0.05, 0) is 38.4 Å². The first-order valence-electron chi connectivity index (χ1n) is 9.72. The van der Waals surface area contributed by atoms with E-state index in [1.165, 1.54) is 7.11 Å². The van der Waals surface area contributed by atoms with Gasteiger partial charge in [0.2, 0.25) is 6.10 Å². The first-order chi connectivity index (χ1) is 13.0. The molecule has 1 saturated heterocycles. The zero-order valence-corrected chi connectivity index (χ0v) is 16.1. The van der Waals surface area contributed by atoms with Gasteiger partial charge in [0.25, 0.3) is 0 Å². The van der Waals surface area contributed by atoms with Crippen LogP contribution in [0.2, 0.25) is 0 Å². The van der Waals surface area contributed by atoms with Crippen molar-refractivity contribution in [2.45, 2.75) is 43.8 Å². The first-order valence-corrected chi connectivity index (χ1v) is 9.72. The molecule has 1 aromatic rings. The molecule has 0 spiro atoms. The zero-order valence-electron chi connectivity index (χ0n) is 16.1. The van der Waals surface area contributed by atoms with E-state index in [-0.39, 0.29) is 11.8 Å². The van der Waals surface area contributed by atoms with Crippen LogP contribution in [0.4, 0.5) is 0 Å². The number of ether oxygens (including phenoxy) is 2. The van der Waals surface area contributed by atoms with Crippen LogP contribution in [0, 0.1) is 11.8 Å². The number of likely N-dealkylation sites (tertiary alicyclic amines) is 1. The van der Waals surface area contributed by atoms with Crippen LogP contribution in [0.5, 0.6) is 0 Å². The van der Waals surface area contributed by atoms with Crippen LogP contribution in [-0.2, 0) is 24.7 Å². The van der Waals surface area contributed by atoms with Crippen LogP contribution in [0.3, 0.4) is 0 Å². The van der Waals surface area contributed by atoms with Gasteiger partial charge in [-0.3, -0.25) is 0 Å². The van der Waals surface area contributed by atoms with Crippen molar-refractivity contribution >= 4 is 11.9 Å². The van der Waals surface area contributed by atoms with E-state index in [1.807, 2.05) is 13.1 Å². The highest BCUT2D eigenvalue weighted by Crippen LogP contribution is 2.42. The Labute approximate surface area is 160 Å². The summed E-state index contributed by atoms with van der Waals surface area (Å²) in [6, 6.07) is 8.93. The molecule has 27 heavy (non-hydrogen) atoms. The van der Waals surface area contributed by atoms with E-state index in [1.54, 1.807) is 24.3 Å². The second kappa shape index (κ2) is 8.40. The van der Waals surface area contributed by atoms with Crippen LogP contribution in [0.25, 0.3) is 0 Å². The number of hydrogen-bond donors (Lipinski definition) is 1. The fourth-order valence-corrected chi connectivity index (χ4v) is 4.43. The van der Waals surface area contributed by atoms with Crippen molar-refractivity contribution in [2.24, 2.45) is 11.8 Å². The molecule has 1 N–H and O–H groups in total. The van der Waals surface area contributed by atoms with E-state index in [2.05, 4.69) is 4.90 Å². The normalized spacial score (nSPS) is 24.3. The number of carbonyl (C=O) groups is 2. The van der Waals surface area contributed by atoms with Crippen LogP contribution in [0.15, 0.2) is 30.3 Å². The summed E-state index contributed by atoms with van der Waals surface area (Å²) in [7, 11) is 3.26. The second-order valence-electron chi connectivity index (χ2n) is 7.77. The van der Waals surface area contributed by atoms with Gasteiger partial charge in [-0.15, -0.1) is 0 Å². The van der Waals surface area contributed by atoms with Gasteiger partial charge in [-0.2, -0.15) is 0 Å². The lowest BCUT2D eigenvalue weighted by Crippen LogP contribution is -2.47. The Hall–Kier alpha value is -1.92. The SMILES string of the molecule is COC(=O)C(OC(=O)C(O)(c1ccccc1)C1CCCC1)C1CCN(C)C1. The van der Waals surface area contributed by atoms with E-state index < -0.39 is 23.6 Å². The van der Waals surface area contributed by atoms with E-state index in [0.717, 1.165) is 38.6 Å². The Morgan fingerprint density at radius 2 is 1.85 bits per heavy atom. The van der Waals surface area contributed by atoms with Gasteiger partial charge in [0.05, 0.1) is 7.11 Å². The van der Waals surface area contributed by atoms with E-state index in [0.29, 0.717) is 12.1 Å². The molecule has 1 heterocycles. The van der Waals surface area contributed by atoms with Crippen LogP contribution < -0.4 is 0 Å². The summed E-state index contributed by atoms with van der Waals surface area (Å²) in [4.78, 5) is 27.6. The number of carbonyl (C=O) groups excluding carboxylic acids is 2. The lowest BCUT2D eigenvalue weighted by atomic mass is 9.80. The lowest BCUT2D eigenvalue weighted by molar-refractivity contribution is -0.189. The molecule has 3 atom stereocenters. The molecule has 0 aromatic heterocycles. The summed E-state index contributed by atoms with van der Waals surface area (Å²) in [6.07, 6.45) is 3.22. The van der Waals surface area contributed by atoms with Crippen molar-refractivity contribution < 1.29 is 24.2 Å². The third-order valence-corrected chi connectivity index (χ3v) is 5.99. The molecule has 1 aliphatic carbocycles. The summed E-state index contributed by atoms with van der Waals surface area (Å²) >= 11 is 0. The van der Waals surface area contributed by atoms with Gasteiger partial charge in [0.1, 0.15) is 0 Å². The lowest BCUT2D eigenvalue weighted by Gasteiger charge is -2.34. The molecular weight excluding hydrogens is 346 g/mol. The molecule has 148 valence electrons. The van der Waals surface area contributed by atoms with Crippen molar-refractivity contribution in [2.75, 3.05) is 27.2 Å². The van der Waals surface area contributed by atoms with E-state index in [9.17, 15) is 14.7 Å². The average molecular weight is 375 g/mol. The highest BCUT2D eigenvalue weighted by atomic mass is 16.6. The van der Waals surface area contributed by atoms with Crippen LogP contribution in [0.1, 0.15) is 37.7 Å². The molecule has 3 unspecified atom stereocenters. The molecule has 1 aliphatic heterocycles. The molecular formula is C21H29NO5. The van der Waals surface area contributed by atoms with Crippen LogP contribution >= 0.6 is 0 Å². The Morgan fingerprint density at radius 1 is 1.19 bits per heavy atom. The van der Waals surface area contributed by atoms with Gasteiger partial charge in [0.15, 0.2) is 5.60 Å². The smallest absolute Gasteiger partial charge is 0.347 e. The monoisotopic (exact) mass is 375 g/mol. The number of esters is 2. The van der Waals surface area contributed by atoms with Crippen molar-refractivity contribution in [3.63, 3.8) is 0 Å². The third-order valence-electron chi connectivity index (χ3n) is 5.99. The highest BCUT2D eigenvalue weighted by molar-refractivity contribution is 5.85. The second-order valence-corrected chi connectivity index (χ2v) is 7.77. The van der Waals surface area contributed by atoms with Gasteiger partial charge in [-0.25, -0.2) is 9.59 Å². The molecule has 0 amide bonds. The maximum Gasteiger partial charge on any atom is 0.347 e. The molecule has 0 bridgehead atoms. The number of benzene rings is 1. The number of rotatable bonds is 6. The molecule has 2 fully saturated rings. The van der Waals surface area contributed by atoms with Crippen molar-refractivity contribution in [1.82, 2.24) is 4.90 Å². The number of methoxy groups -OCH3 is 1. The standard InChI is InChI=1S/C21H29NO5/c1-22-13-12-15(14-22)18(19(23)26-2)27-20(24)21(25,17-10-6-7-11-17)16-8-4-3-5-9-16/h3-5,8-9,15,17-18,25H,6-7,10-14H2,1-2H3. The minimum absolute atomic E-state index is 0.130. The van der Waals surface area contributed by atoms with Crippen molar-refractivity contribution in [1.29, 1.82) is 0 Å². The predicted molar refractivity (Wildman–Crippen MR) is 99.8 cm³/mol. The Kier molecular flexibility index (Phi) is 6.17. The molecule has 1 aromatic carbocycles. The number of hydrogen-bond acceptors (Lipinski definition) is 6. The summed E-state index contributed by atoms with van der Waals surface area (Å²) in [5, 5.41) is 11.5. The Bertz CT molecular complexity index is 658. The molecule has 6 nitrogen and oxygen atoms in total. The minimum Gasteiger partial charge on any atom is -0.466 e. The Balaban J connectivity index is 1.87. The maximum atomic E-state index is 13.2. The molecule has 0 radical (unpaired) electrons. The topological polar surface area (TPSA) is 76.1 Å². The molecule has 2 aliphatic rings. The fourth-order valence-electron chi connectivity index (χ4n) is 4.43. The molecule has 1 saturated carbocycles. The van der Waals surface area contributed by atoms with Crippen molar-refractivity contribution in [3.8, 4) is 0 Å². The molecule has 3 rings (SSSR count). The fraction of sp³-hybridized carbons (Fsp3) is 0.619. The van der Waals surface area contributed by atoms with Crippen molar-refractivity contribution in [3.05, 3.63) is 35.9 Å². The highest BCUT2D eigenvalue weighted by Gasteiger charge is 2.50. The predicted octanol–water partition coefficient (Wildman–Crippen LogP) is 2.10. The molecule has 6 heteroatoms. The third kappa shape index (κ3) is 4.01. The summed E-state index contributed by atoms with van der Waals surface area (Å²) in [6.45, 7) is 1.49. The Morgan fingerprint density at radius 3 is 2.41 bits per heavy atom. The van der Waals surface area contributed by atoms with Gasteiger partial charge >= 0.3 is 11.9 Å². The van der Waals surface area contributed by atoms with Gasteiger partial charge < -0.3 is 19.5 Å². The van der Waals surface area contributed by atoms with Gasteiger partial charge in [-0.1, -0.05) is 43.2 Å². The van der Waals surface area contributed by atoms with Gasteiger partial charge in [0, 0.05) is 18.4 Å². The summed E-state index contributed by atoms with van der Waals surface area (Å²) < 4.78 is 10.6. The van der Waals surface area contributed by atoms with Crippen LogP contribution in [-0.4, -0.2) is 55.3 Å². The number of aliphatic hydroxyl groups is 1. The average Bonchev–Trinajstić information content (AvgIpc) is 3.37. The zero-order chi connectivity index (χ0) is 19.4. The van der Waals surface area contributed by atoms with E-state index >= 15 is 0 Å².